The standard InChI is InChI=1S/C28H47N3O4/c1-8-10-15-19-29-25(32)24(22-17-13-12-14-18-22)31(20-16-11-9-2)26(33)23(21(3)4)30-27(34)35-28(5,6)7/h12-14,17-18,21,23-24H,8-11,15-16,19-20H2,1-7H3,(H,29,32)(H,30,34). The Morgan fingerprint density at radius 1 is 0.943 bits per heavy atom. The average Bonchev–Trinajstić information content (AvgIpc) is 2.78. The number of nitrogens with zero attached hydrogens (tertiary/aromatic N) is 1. The lowest BCUT2D eigenvalue weighted by Crippen LogP contribution is -2.55. The van der Waals surface area contributed by atoms with E-state index in [1.54, 1.807) is 25.7 Å². The predicted molar refractivity (Wildman–Crippen MR) is 141 cm³/mol. The van der Waals surface area contributed by atoms with Gasteiger partial charge >= 0.3 is 6.09 Å². The van der Waals surface area contributed by atoms with Gasteiger partial charge in [-0.15, -0.1) is 0 Å². The van der Waals surface area contributed by atoms with Gasteiger partial charge in [0.2, 0.25) is 11.8 Å². The Hall–Kier alpha value is -2.57. The zero-order chi connectivity index (χ0) is 26.4. The van der Waals surface area contributed by atoms with Crippen molar-refractivity contribution >= 4 is 17.9 Å². The molecule has 0 saturated carbocycles. The van der Waals surface area contributed by atoms with Crippen LogP contribution in [0, 0.1) is 5.92 Å². The average molecular weight is 490 g/mol. The van der Waals surface area contributed by atoms with Crippen LogP contribution < -0.4 is 10.6 Å². The van der Waals surface area contributed by atoms with E-state index in [9.17, 15) is 14.4 Å². The summed E-state index contributed by atoms with van der Waals surface area (Å²) < 4.78 is 5.42. The highest BCUT2D eigenvalue weighted by atomic mass is 16.6. The van der Waals surface area contributed by atoms with E-state index in [2.05, 4.69) is 24.5 Å². The van der Waals surface area contributed by atoms with Crippen molar-refractivity contribution in [1.29, 1.82) is 0 Å². The number of hydrogen-bond acceptors (Lipinski definition) is 4. The molecule has 0 saturated heterocycles. The molecule has 0 fully saturated rings. The van der Waals surface area contributed by atoms with E-state index in [0.29, 0.717) is 13.1 Å². The van der Waals surface area contributed by atoms with Crippen molar-refractivity contribution in [2.24, 2.45) is 5.92 Å². The van der Waals surface area contributed by atoms with Crippen LogP contribution in [0.4, 0.5) is 4.79 Å². The molecule has 1 rings (SSSR count). The minimum atomic E-state index is -0.814. The summed E-state index contributed by atoms with van der Waals surface area (Å²) in [6, 6.07) is 7.81. The summed E-state index contributed by atoms with van der Waals surface area (Å²) in [5.74, 6) is -0.663. The van der Waals surface area contributed by atoms with Crippen LogP contribution in [0.15, 0.2) is 30.3 Å². The van der Waals surface area contributed by atoms with Crippen LogP contribution in [-0.4, -0.2) is 47.5 Å². The largest absolute Gasteiger partial charge is 0.444 e. The molecule has 0 aliphatic carbocycles. The van der Waals surface area contributed by atoms with E-state index in [4.69, 9.17) is 4.74 Å². The van der Waals surface area contributed by atoms with Gasteiger partial charge in [0, 0.05) is 13.1 Å². The van der Waals surface area contributed by atoms with Crippen LogP contribution in [0.2, 0.25) is 0 Å². The summed E-state index contributed by atoms with van der Waals surface area (Å²) in [5.41, 5.74) is 0.0746. The number of unbranched alkanes of at least 4 members (excludes halogenated alkanes) is 4. The molecular formula is C28H47N3O4. The third kappa shape index (κ3) is 11.1. The van der Waals surface area contributed by atoms with Crippen molar-refractivity contribution in [2.75, 3.05) is 13.1 Å². The predicted octanol–water partition coefficient (Wildman–Crippen LogP) is 5.60. The van der Waals surface area contributed by atoms with Crippen molar-refractivity contribution in [3.05, 3.63) is 35.9 Å². The molecule has 2 atom stereocenters. The van der Waals surface area contributed by atoms with Gasteiger partial charge in [0.1, 0.15) is 17.7 Å². The highest BCUT2D eigenvalue weighted by Gasteiger charge is 2.37. The van der Waals surface area contributed by atoms with Crippen molar-refractivity contribution in [2.45, 2.75) is 105 Å². The summed E-state index contributed by atoms with van der Waals surface area (Å²) in [6.07, 6.45) is 5.05. The highest BCUT2D eigenvalue weighted by Crippen LogP contribution is 2.24. The van der Waals surface area contributed by atoms with E-state index in [-0.39, 0.29) is 17.7 Å². The zero-order valence-electron chi connectivity index (χ0n) is 22.9. The first kappa shape index (κ1) is 30.5. The fourth-order valence-corrected chi connectivity index (χ4v) is 3.82. The van der Waals surface area contributed by atoms with E-state index in [0.717, 1.165) is 44.1 Å². The van der Waals surface area contributed by atoms with Crippen molar-refractivity contribution in [1.82, 2.24) is 15.5 Å². The van der Waals surface area contributed by atoms with Gasteiger partial charge in [0.25, 0.3) is 0 Å². The second-order valence-electron chi connectivity index (χ2n) is 10.4. The van der Waals surface area contributed by atoms with Crippen molar-refractivity contribution in [3.8, 4) is 0 Å². The van der Waals surface area contributed by atoms with Crippen LogP contribution in [0.1, 0.15) is 98.6 Å². The quantitative estimate of drug-likeness (QED) is 0.333. The molecule has 2 unspecified atom stereocenters. The molecule has 7 heteroatoms. The smallest absolute Gasteiger partial charge is 0.408 e. The summed E-state index contributed by atoms with van der Waals surface area (Å²) in [5, 5.41) is 5.80. The number of ether oxygens (including phenoxy) is 1. The second-order valence-corrected chi connectivity index (χ2v) is 10.4. The monoisotopic (exact) mass is 489 g/mol. The molecule has 35 heavy (non-hydrogen) atoms. The van der Waals surface area contributed by atoms with E-state index in [1.807, 2.05) is 44.2 Å². The van der Waals surface area contributed by atoms with Crippen LogP contribution in [-0.2, 0) is 14.3 Å². The molecule has 0 aromatic heterocycles. The number of carbonyl (C=O) groups excluding carboxylic acids is 3. The Morgan fingerprint density at radius 3 is 2.09 bits per heavy atom. The summed E-state index contributed by atoms with van der Waals surface area (Å²) >= 11 is 0. The molecule has 7 nitrogen and oxygen atoms in total. The molecule has 0 spiro atoms. The summed E-state index contributed by atoms with van der Waals surface area (Å²) in [6.45, 7) is 14.3. The molecule has 0 aliphatic heterocycles. The third-order valence-corrected chi connectivity index (χ3v) is 5.65. The highest BCUT2D eigenvalue weighted by molar-refractivity contribution is 5.92. The van der Waals surface area contributed by atoms with E-state index in [1.165, 1.54) is 0 Å². The van der Waals surface area contributed by atoms with Gasteiger partial charge in [0.15, 0.2) is 0 Å². The maximum absolute atomic E-state index is 14.0. The van der Waals surface area contributed by atoms with Gasteiger partial charge in [-0.3, -0.25) is 9.59 Å². The molecule has 0 heterocycles. The molecular weight excluding hydrogens is 442 g/mol. The van der Waals surface area contributed by atoms with E-state index >= 15 is 0 Å². The normalized spacial score (nSPS) is 13.1. The topological polar surface area (TPSA) is 87.7 Å². The van der Waals surface area contributed by atoms with Crippen molar-refractivity contribution in [3.63, 3.8) is 0 Å². The maximum atomic E-state index is 14.0. The number of carbonyl (C=O) groups is 3. The number of nitrogens with one attached hydrogen (secondary N) is 2. The Bertz CT molecular complexity index is 774. The zero-order valence-corrected chi connectivity index (χ0v) is 22.9. The lowest BCUT2D eigenvalue weighted by molar-refractivity contribution is -0.143. The first-order chi connectivity index (χ1) is 16.5. The molecule has 0 aliphatic rings. The summed E-state index contributed by atoms with van der Waals surface area (Å²) in [7, 11) is 0. The van der Waals surface area contributed by atoms with Gasteiger partial charge in [0.05, 0.1) is 0 Å². The van der Waals surface area contributed by atoms with Crippen molar-refractivity contribution < 1.29 is 19.1 Å². The maximum Gasteiger partial charge on any atom is 0.408 e. The van der Waals surface area contributed by atoms with E-state index < -0.39 is 23.8 Å². The van der Waals surface area contributed by atoms with Gasteiger partial charge in [-0.05, 0) is 45.1 Å². The number of rotatable bonds is 14. The Balaban J connectivity index is 3.31. The van der Waals surface area contributed by atoms with Crippen LogP contribution in [0.3, 0.4) is 0 Å². The summed E-state index contributed by atoms with van der Waals surface area (Å²) in [4.78, 5) is 41.6. The molecule has 1 aromatic rings. The Kier molecular flexibility index (Phi) is 13.4. The Labute approximate surface area is 212 Å². The fraction of sp³-hybridized carbons (Fsp3) is 0.679. The lowest BCUT2D eigenvalue weighted by atomic mass is 9.98. The Morgan fingerprint density at radius 2 is 1.54 bits per heavy atom. The van der Waals surface area contributed by atoms with Gasteiger partial charge in [-0.2, -0.15) is 0 Å². The number of hydrogen-bond donors (Lipinski definition) is 2. The molecule has 1 aromatic carbocycles. The minimum absolute atomic E-state index is 0.187. The van der Waals surface area contributed by atoms with Gasteiger partial charge in [-0.1, -0.05) is 83.7 Å². The van der Waals surface area contributed by atoms with Gasteiger partial charge < -0.3 is 20.3 Å². The van der Waals surface area contributed by atoms with Gasteiger partial charge in [-0.25, -0.2) is 4.79 Å². The number of benzene rings is 1. The first-order valence-corrected chi connectivity index (χ1v) is 13.1. The SMILES string of the molecule is CCCCCNC(=O)C(c1ccccc1)N(CCCCC)C(=O)C(NC(=O)OC(C)(C)C)C(C)C. The van der Waals surface area contributed by atoms with Crippen LogP contribution in [0.5, 0.6) is 0 Å². The first-order valence-electron chi connectivity index (χ1n) is 13.1. The third-order valence-electron chi connectivity index (χ3n) is 5.65. The number of amides is 3. The van der Waals surface area contributed by atoms with Crippen LogP contribution in [0.25, 0.3) is 0 Å². The molecule has 0 radical (unpaired) electrons. The second kappa shape index (κ2) is 15.4. The van der Waals surface area contributed by atoms with Crippen LogP contribution >= 0.6 is 0 Å². The minimum Gasteiger partial charge on any atom is -0.444 e. The molecule has 0 bridgehead atoms. The fourth-order valence-electron chi connectivity index (χ4n) is 3.82. The number of alkyl carbamates (subject to hydrolysis) is 1. The lowest BCUT2D eigenvalue weighted by Gasteiger charge is -2.35. The molecule has 3 amide bonds. The molecule has 198 valence electrons. The molecule has 2 N–H and O–H groups in total.